The molecule has 1 atom stereocenters. The van der Waals surface area contributed by atoms with Gasteiger partial charge in [0.25, 0.3) is 0 Å². The topological polar surface area (TPSA) is 44.0 Å². The lowest BCUT2D eigenvalue weighted by Crippen LogP contribution is -2.48. The molecule has 2 rings (SSSR count). The summed E-state index contributed by atoms with van der Waals surface area (Å²) >= 11 is 0. The SMILES string of the molecule is Cc1n[nH]cc1NCC1CCN1C. The standard InChI is InChI=1S/C9H16N4/c1-7-9(6-11-12-7)10-5-8-3-4-13(8)2/h6,8,10H,3-5H2,1-2H3,(H,11,12). The number of rotatable bonds is 3. The lowest BCUT2D eigenvalue weighted by molar-refractivity contribution is 0.137. The highest BCUT2D eigenvalue weighted by atomic mass is 15.2. The van der Waals surface area contributed by atoms with Crippen molar-refractivity contribution in [2.45, 2.75) is 19.4 Å². The van der Waals surface area contributed by atoms with Crippen LogP contribution in [0.1, 0.15) is 12.1 Å². The van der Waals surface area contributed by atoms with E-state index in [-0.39, 0.29) is 0 Å². The van der Waals surface area contributed by atoms with Crippen molar-refractivity contribution in [3.05, 3.63) is 11.9 Å². The van der Waals surface area contributed by atoms with Crippen molar-refractivity contribution in [3.8, 4) is 0 Å². The van der Waals surface area contributed by atoms with Crippen LogP contribution in [0.4, 0.5) is 5.69 Å². The van der Waals surface area contributed by atoms with Crippen LogP contribution in [-0.2, 0) is 0 Å². The van der Waals surface area contributed by atoms with E-state index >= 15 is 0 Å². The van der Waals surface area contributed by atoms with Crippen LogP contribution in [0.15, 0.2) is 6.20 Å². The van der Waals surface area contributed by atoms with Gasteiger partial charge >= 0.3 is 0 Å². The van der Waals surface area contributed by atoms with Crippen LogP contribution in [0.25, 0.3) is 0 Å². The summed E-state index contributed by atoms with van der Waals surface area (Å²) in [5, 5.41) is 10.3. The molecule has 1 saturated heterocycles. The molecule has 1 aromatic heterocycles. The molecule has 0 aromatic carbocycles. The van der Waals surface area contributed by atoms with Gasteiger partial charge in [-0.25, -0.2) is 0 Å². The number of anilines is 1. The van der Waals surface area contributed by atoms with E-state index in [1.165, 1.54) is 13.0 Å². The maximum absolute atomic E-state index is 4.06. The van der Waals surface area contributed by atoms with Crippen molar-refractivity contribution in [1.82, 2.24) is 15.1 Å². The number of H-pyrrole nitrogens is 1. The van der Waals surface area contributed by atoms with Gasteiger partial charge in [0.2, 0.25) is 0 Å². The second kappa shape index (κ2) is 3.38. The van der Waals surface area contributed by atoms with Gasteiger partial charge in [-0.1, -0.05) is 0 Å². The first-order valence-electron chi connectivity index (χ1n) is 4.72. The van der Waals surface area contributed by atoms with Gasteiger partial charge in [-0.05, 0) is 26.9 Å². The van der Waals surface area contributed by atoms with Crippen molar-refractivity contribution >= 4 is 5.69 Å². The fraction of sp³-hybridized carbons (Fsp3) is 0.667. The zero-order chi connectivity index (χ0) is 9.26. The second-order valence-electron chi connectivity index (χ2n) is 3.69. The first-order chi connectivity index (χ1) is 6.27. The van der Waals surface area contributed by atoms with E-state index in [4.69, 9.17) is 0 Å². The Bertz CT molecular complexity index is 281. The van der Waals surface area contributed by atoms with Crippen molar-refractivity contribution < 1.29 is 0 Å². The minimum absolute atomic E-state index is 0.703. The van der Waals surface area contributed by atoms with Crippen LogP contribution in [0, 0.1) is 6.92 Å². The zero-order valence-electron chi connectivity index (χ0n) is 8.17. The molecule has 1 aromatic rings. The lowest BCUT2D eigenvalue weighted by atomic mass is 10.1. The highest BCUT2D eigenvalue weighted by molar-refractivity contribution is 5.45. The smallest absolute Gasteiger partial charge is 0.0822 e. The fourth-order valence-corrected chi connectivity index (χ4v) is 1.59. The Labute approximate surface area is 78.3 Å². The van der Waals surface area contributed by atoms with E-state index in [1.54, 1.807) is 0 Å². The number of nitrogens with one attached hydrogen (secondary N) is 2. The molecule has 0 saturated carbocycles. The van der Waals surface area contributed by atoms with E-state index < -0.39 is 0 Å². The van der Waals surface area contributed by atoms with Crippen LogP contribution >= 0.6 is 0 Å². The molecule has 1 aliphatic rings. The quantitative estimate of drug-likeness (QED) is 0.724. The third-order valence-electron chi connectivity index (χ3n) is 2.80. The molecule has 0 aliphatic carbocycles. The molecule has 0 bridgehead atoms. The van der Waals surface area contributed by atoms with E-state index in [2.05, 4.69) is 27.5 Å². The Hall–Kier alpha value is -1.03. The summed E-state index contributed by atoms with van der Waals surface area (Å²) in [5.74, 6) is 0. The molecule has 1 unspecified atom stereocenters. The van der Waals surface area contributed by atoms with Crippen LogP contribution in [0.2, 0.25) is 0 Å². The van der Waals surface area contributed by atoms with Crippen molar-refractivity contribution in [2.24, 2.45) is 0 Å². The van der Waals surface area contributed by atoms with Crippen LogP contribution in [0.5, 0.6) is 0 Å². The van der Waals surface area contributed by atoms with Gasteiger partial charge in [-0.2, -0.15) is 5.10 Å². The highest BCUT2D eigenvalue weighted by Gasteiger charge is 2.23. The summed E-state index contributed by atoms with van der Waals surface area (Å²) in [4.78, 5) is 2.36. The van der Waals surface area contributed by atoms with Crippen LogP contribution < -0.4 is 5.32 Å². The Morgan fingerprint density at radius 3 is 3.08 bits per heavy atom. The van der Waals surface area contributed by atoms with Gasteiger partial charge < -0.3 is 10.2 Å². The molecule has 2 N–H and O–H groups in total. The normalized spacial score (nSPS) is 22.8. The molecule has 4 nitrogen and oxygen atoms in total. The Balaban J connectivity index is 1.83. The fourth-order valence-electron chi connectivity index (χ4n) is 1.59. The molecule has 0 amide bonds. The average molecular weight is 180 g/mol. The van der Waals surface area contributed by atoms with Gasteiger partial charge in [0.15, 0.2) is 0 Å². The monoisotopic (exact) mass is 180 g/mol. The van der Waals surface area contributed by atoms with Gasteiger partial charge in [-0.3, -0.25) is 5.10 Å². The van der Waals surface area contributed by atoms with Gasteiger partial charge in [0.05, 0.1) is 11.4 Å². The van der Waals surface area contributed by atoms with Gasteiger partial charge in [0.1, 0.15) is 0 Å². The summed E-state index contributed by atoms with van der Waals surface area (Å²) in [6.07, 6.45) is 3.22. The molecule has 4 heteroatoms. The second-order valence-corrected chi connectivity index (χ2v) is 3.69. The predicted molar refractivity (Wildman–Crippen MR) is 52.8 cm³/mol. The minimum Gasteiger partial charge on any atom is -0.381 e. The Morgan fingerprint density at radius 1 is 1.77 bits per heavy atom. The number of likely N-dealkylation sites (N-methyl/N-ethyl adjacent to an activating group) is 1. The molecular formula is C9H16N4. The molecule has 1 fully saturated rings. The summed E-state index contributed by atoms with van der Waals surface area (Å²) in [7, 11) is 2.16. The molecule has 1 aliphatic heterocycles. The highest BCUT2D eigenvalue weighted by Crippen LogP contribution is 2.16. The van der Waals surface area contributed by atoms with E-state index in [1.807, 2.05) is 13.1 Å². The first kappa shape index (κ1) is 8.56. The van der Waals surface area contributed by atoms with E-state index in [0.29, 0.717) is 6.04 Å². The molecule has 72 valence electrons. The summed E-state index contributed by atoms with van der Waals surface area (Å²) in [5.41, 5.74) is 2.17. The van der Waals surface area contributed by atoms with Gasteiger partial charge in [-0.15, -0.1) is 0 Å². The summed E-state index contributed by atoms with van der Waals surface area (Å²) in [6.45, 7) is 4.26. The molecule has 0 spiro atoms. The number of hydrogen-bond donors (Lipinski definition) is 2. The summed E-state index contributed by atoms with van der Waals surface area (Å²) < 4.78 is 0. The largest absolute Gasteiger partial charge is 0.381 e. The minimum atomic E-state index is 0.703. The van der Waals surface area contributed by atoms with E-state index in [0.717, 1.165) is 17.9 Å². The van der Waals surface area contributed by atoms with Crippen LogP contribution in [-0.4, -0.2) is 41.3 Å². The molecule has 2 heterocycles. The maximum Gasteiger partial charge on any atom is 0.0822 e. The third kappa shape index (κ3) is 1.67. The number of hydrogen-bond acceptors (Lipinski definition) is 3. The number of aryl methyl sites for hydroxylation is 1. The zero-order valence-corrected chi connectivity index (χ0v) is 8.17. The van der Waals surface area contributed by atoms with Crippen LogP contribution in [0.3, 0.4) is 0 Å². The molecule has 0 radical (unpaired) electrons. The summed E-state index contributed by atoms with van der Waals surface area (Å²) in [6, 6.07) is 0.703. The Kier molecular flexibility index (Phi) is 2.22. The molecular weight excluding hydrogens is 164 g/mol. The number of likely N-dealkylation sites (tertiary alicyclic amines) is 1. The third-order valence-corrected chi connectivity index (χ3v) is 2.80. The van der Waals surface area contributed by atoms with Crippen molar-refractivity contribution in [1.29, 1.82) is 0 Å². The lowest BCUT2D eigenvalue weighted by Gasteiger charge is -2.38. The van der Waals surface area contributed by atoms with Crippen molar-refractivity contribution in [2.75, 3.05) is 25.5 Å². The molecule has 13 heavy (non-hydrogen) atoms. The number of nitrogens with zero attached hydrogens (tertiary/aromatic N) is 2. The Morgan fingerprint density at radius 2 is 2.62 bits per heavy atom. The average Bonchev–Trinajstić information content (AvgIpc) is 2.50. The predicted octanol–water partition coefficient (Wildman–Crippen LogP) is 0.834. The van der Waals surface area contributed by atoms with E-state index in [9.17, 15) is 0 Å². The van der Waals surface area contributed by atoms with Crippen molar-refractivity contribution in [3.63, 3.8) is 0 Å². The maximum atomic E-state index is 4.06. The first-order valence-corrected chi connectivity index (χ1v) is 4.72. The number of aromatic nitrogens is 2. The number of aromatic amines is 1. The van der Waals surface area contributed by atoms with Gasteiger partial charge in [0, 0.05) is 18.8 Å².